The lowest BCUT2D eigenvalue weighted by molar-refractivity contribution is 0.121. The van der Waals surface area contributed by atoms with Crippen molar-refractivity contribution in [3.05, 3.63) is 96.2 Å². The quantitative estimate of drug-likeness (QED) is 0.478. The number of hydrogen-bond donors (Lipinski definition) is 1. The SMILES string of the molecule is Cc1c(NC(=O)O[C@H](C)c2ccccc2)nnn1-c1ccc(-c2ccccc2)cc1. The van der Waals surface area contributed by atoms with Crippen molar-refractivity contribution in [3.8, 4) is 16.8 Å². The number of nitrogens with one attached hydrogen (secondary N) is 1. The predicted molar refractivity (Wildman–Crippen MR) is 116 cm³/mol. The molecule has 1 atom stereocenters. The Morgan fingerprint density at radius 1 is 0.900 bits per heavy atom. The van der Waals surface area contributed by atoms with Crippen molar-refractivity contribution in [1.82, 2.24) is 15.0 Å². The van der Waals surface area contributed by atoms with Gasteiger partial charge in [0.05, 0.1) is 11.4 Å². The zero-order valence-corrected chi connectivity index (χ0v) is 16.8. The molecule has 0 bridgehead atoms. The molecule has 6 heteroatoms. The smallest absolute Gasteiger partial charge is 0.413 e. The van der Waals surface area contributed by atoms with Crippen LogP contribution in [-0.4, -0.2) is 21.1 Å². The van der Waals surface area contributed by atoms with Crippen LogP contribution in [0.3, 0.4) is 0 Å². The van der Waals surface area contributed by atoms with Gasteiger partial charge in [-0.3, -0.25) is 5.32 Å². The minimum atomic E-state index is -0.569. The first-order valence-electron chi connectivity index (χ1n) is 9.72. The number of carbonyl (C=O) groups excluding carboxylic acids is 1. The van der Waals surface area contributed by atoms with Gasteiger partial charge in [-0.1, -0.05) is 78.0 Å². The van der Waals surface area contributed by atoms with Crippen LogP contribution >= 0.6 is 0 Å². The Labute approximate surface area is 175 Å². The highest BCUT2D eigenvalue weighted by molar-refractivity contribution is 5.84. The van der Waals surface area contributed by atoms with E-state index in [1.54, 1.807) is 4.68 Å². The van der Waals surface area contributed by atoms with E-state index >= 15 is 0 Å². The van der Waals surface area contributed by atoms with Crippen LogP contribution in [0, 0.1) is 6.92 Å². The number of hydrogen-bond acceptors (Lipinski definition) is 4. The van der Waals surface area contributed by atoms with Crippen LogP contribution in [0.15, 0.2) is 84.9 Å². The summed E-state index contributed by atoms with van der Waals surface area (Å²) in [6, 6.07) is 27.8. The fourth-order valence-electron chi connectivity index (χ4n) is 3.19. The van der Waals surface area contributed by atoms with Gasteiger partial charge in [0.1, 0.15) is 6.10 Å². The van der Waals surface area contributed by atoms with E-state index < -0.39 is 6.09 Å². The molecule has 0 aliphatic rings. The molecule has 1 N–H and O–H groups in total. The third-order valence-electron chi connectivity index (χ3n) is 4.89. The first-order chi connectivity index (χ1) is 14.6. The van der Waals surface area contributed by atoms with Crippen LogP contribution in [0.5, 0.6) is 0 Å². The number of rotatable bonds is 5. The van der Waals surface area contributed by atoms with E-state index in [-0.39, 0.29) is 6.10 Å². The van der Waals surface area contributed by atoms with Crippen molar-refractivity contribution in [2.75, 3.05) is 5.32 Å². The Morgan fingerprint density at radius 3 is 2.17 bits per heavy atom. The molecule has 4 rings (SSSR count). The Balaban J connectivity index is 1.45. The molecule has 30 heavy (non-hydrogen) atoms. The van der Waals surface area contributed by atoms with Crippen molar-refractivity contribution < 1.29 is 9.53 Å². The van der Waals surface area contributed by atoms with E-state index in [0.717, 1.165) is 22.4 Å². The summed E-state index contributed by atoms with van der Waals surface area (Å²) < 4.78 is 7.13. The maximum atomic E-state index is 12.3. The molecule has 4 aromatic rings. The van der Waals surface area contributed by atoms with E-state index in [0.29, 0.717) is 11.5 Å². The molecule has 1 amide bonds. The lowest BCUT2D eigenvalue weighted by Crippen LogP contribution is -2.17. The number of amides is 1. The number of benzene rings is 3. The van der Waals surface area contributed by atoms with Gasteiger partial charge in [-0.05, 0) is 42.7 Å². The lowest BCUT2D eigenvalue weighted by Gasteiger charge is -2.13. The zero-order chi connectivity index (χ0) is 20.9. The van der Waals surface area contributed by atoms with Gasteiger partial charge in [-0.2, -0.15) is 0 Å². The summed E-state index contributed by atoms with van der Waals surface area (Å²) in [4.78, 5) is 12.3. The summed E-state index contributed by atoms with van der Waals surface area (Å²) in [7, 11) is 0. The third kappa shape index (κ3) is 4.22. The maximum absolute atomic E-state index is 12.3. The predicted octanol–water partition coefficient (Wildman–Crippen LogP) is 5.55. The molecule has 1 aromatic heterocycles. The molecule has 0 saturated carbocycles. The Morgan fingerprint density at radius 2 is 1.50 bits per heavy atom. The number of aromatic nitrogens is 3. The zero-order valence-electron chi connectivity index (χ0n) is 16.8. The van der Waals surface area contributed by atoms with Gasteiger partial charge in [0, 0.05) is 0 Å². The lowest BCUT2D eigenvalue weighted by atomic mass is 10.1. The van der Waals surface area contributed by atoms with Crippen LogP contribution in [0.4, 0.5) is 10.6 Å². The molecular weight excluding hydrogens is 376 g/mol. The molecule has 0 aliphatic heterocycles. The van der Waals surface area contributed by atoms with Crippen molar-refractivity contribution in [3.63, 3.8) is 0 Å². The molecule has 6 nitrogen and oxygen atoms in total. The normalized spacial score (nSPS) is 11.7. The second-order valence-electron chi connectivity index (χ2n) is 6.93. The topological polar surface area (TPSA) is 69.0 Å². The molecule has 1 heterocycles. The molecule has 0 radical (unpaired) electrons. The number of ether oxygens (including phenoxy) is 1. The molecule has 0 unspecified atom stereocenters. The second-order valence-corrected chi connectivity index (χ2v) is 6.93. The highest BCUT2D eigenvalue weighted by Gasteiger charge is 2.16. The van der Waals surface area contributed by atoms with Crippen LogP contribution in [0.1, 0.15) is 24.3 Å². The monoisotopic (exact) mass is 398 g/mol. The van der Waals surface area contributed by atoms with Crippen molar-refractivity contribution in [1.29, 1.82) is 0 Å². The Hall–Kier alpha value is -3.93. The van der Waals surface area contributed by atoms with Crippen LogP contribution in [0.25, 0.3) is 16.8 Å². The van der Waals surface area contributed by atoms with Gasteiger partial charge < -0.3 is 4.74 Å². The van der Waals surface area contributed by atoms with Crippen molar-refractivity contribution >= 4 is 11.9 Å². The summed E-state index contributed by atoms with van der Waals surface area (Å²) in [5, 5.41) is 11.0. The fourth-order valence-corrected chi connectivity index (χ4v) is 3.19. The number of anilines is 1. The summed E-state index contributed by atoms with van der Waals surface area (Å²) in [5.41, 5.74) is 4.77. The van der Waals surface area contributed by atoms with E-state index in [9.17, 15) is 4.79 Å². The molecular formula is C24H22N4O2. The molecule has 150 valence electrons. The Bertz CT molecular complexity index is 1120. The van der Waals surface area contributed by atoms with Crippen LogP contribution in [-0.2, 0) is 4.74 Å². The number of nitrogens with zero attached hydrogens (tertiary/aromatic N) is 3. The van der Waals surface area contributed by atoms with Gasteiger partial charge in [0.2, 0.25) is 0 Å². The maximum Gasteiger partial charge on any atom is 0.413 e. The third-order valence-corrected chi connectivity index (χ3v) is 4.89. The van der Waals surface area contributed by atoms with Crippen molar-refractivity contribution in [2.24, 2.45) is 0 Å². The molecule has 0 aliphatic carbocycles. The van der Waals surface area contributed by atoms with E-state index in [1.807, 2.05) is 86.6 Å². The van der Waals surface area contributed by atoms with Gasteiger partial charge in [-0.25, -0.2) is 9.48 Å². The average molecular weight is 398 g/mol. The van der Waals surface area contributed by atoms with Gasteiger partial charge in [-0.15, -0.1) is 5.10 Å². The van der Waals surface area contributed by atoms with Gasteiger partial charge in [0.15, 0.2) is 5.82 Å². The summed E-state index contributed by atoms with van der Waals surface area (Å²) in [6.07, 6.45) is -0.937. The van der Waals surface area contributed by atoms with E-state index in [2.05, 4.69) is 27.8 Å². The summed E-state index contributed by atoms with van der Waals surface area (Å²) >= 11 is 0. The molecule has 0 saturated heterocycles. The molecule has 0 spiro atoms. The largest absolute Gasteiger partial charge is 0.441 e. The van der Waals surface area contributed by atoms with E-state index in [1.165, 1.54) is 0 Å². The standard InChI is InChI=1S/C24H22N4O2/c1-17-23(25-24(29)30-18(2)19-9-5-3-6-10-19)26-27-28(17)22-15-13-21(14-16-22)20-11-7-4-8-12-20/h3-16,18H,1-2H3,(H,25,29)/t18-/m1/s1. The summed E-state index contributed by atoms with van der Waals surface area (Å²) in [6.45, 7) is 3.67. The van der Waals surface area contributed by atoms with Crippen molar-refractivity contribution in [2.45, 2.75) is 20.0 Å². The number of carbonyl (C=O) groups is 1. The minimum Gasteiger partial charge on any atom is -0.441 e. The first kappa shape index (κ1) is 19.4. The Kier molecular flexibility index (Phi) is 5.57. The summed E-state index contributed by atoms with van der Waals surface area (Å²) in [5.74, 6) is 0.368. The first-order valence-corrected chi connectivity index (χ1v) is 9.72. The highest BCUT2D eigenvalue weighted by atomic mass is 16.6. The minimum absolute atomic E-state index is 0.368. The van der Waals surface area contributed by atoms with Crippen LogP contribution < -0.4 is 5.32 Å². The molecule has 3 aromatic carbocycles. The van der Waals surface area contributed by atoms with Crippen LogP contribution in [0.2, 0.25) is 0 Å². The van der Waals surface area contributed by atoms with E-state index in [4.69, 9.17) is 4.74 Å². The average Bonchev–Trinajstić information content (AvgIpc) is 3.15. The fraction of sp³-hybridized carbons (Fsp3) is 0.125. The van der Waals surface area contributed by atoms with Gasteiger partial charge in [0.25, 0.3) is 0 Å². The molecule has 0 fully saturated rings. The highest BCUT2D eigenvalue weighted by Crippen LogP contribution is 2.23. The van der Waals surface area contributed by atoms with Gasteiger partial charge >= 0.3 is 6.09 Å². The second kappa shape index (κ2) is 8.61.